The van der Waals surface area contributed by atoms with Gasteiger partial charge < -0.3 is 5.32 Å². The Bertz CT molecular complexity index is 603. The average Bonchev–Trinajstić information content (AvgIpc) is 2.78. The molecule has 0 spiro atoms. The number of benzene rings is 1. The Morgan fingerprint density at radius 1 is 1.14 bits per heavy atom. The first-order chi connectivity index (χ1) is 10.3. The minimum absolute atomic E-state index is 0.198. The van der Waals surface area contributed by atoms with Crippen molar-refractivity contribution in [1.82, 2.24) is 10.3 Å². The molecule has 0 bridgehead atoms. The highest BCUT2D eigenvalue weighted by Crippen LogP contribution is 2.30. The zero-order chi connectivity index (χ0) is 16.3. The summed E-state index contributed by atoms with van der Waals surface area (Å²) in [5.74, 6) is 0. The Morgan fingerprint density at radius 3 is 2.32 bits per heavy atom. The highest BCUT2D eigenvalue weighted by molar-refractivity contribution is 7.12. The van der Waals surface area contributed by atoms with Gasteiger partial charge in [-0.3, -0.25) is 0 Å². The van der Waals surface area contributed by atoms with E-state index in [1.54, 1.807) is 0 Å². The van der Waals surface area contributed by atoms with Gasteiger partial charge in [-0.1, -0.05) is 58.9 Å². The summed E-state index contributed by atoms with van der Waals surface area (Å²) in [6, 6.07) is 9.41. The smallest absolute Gasteiger partial charge is 0.0948 e. The lowest BCUT2D eigenvalue weighted by Gasteiger charge is -2.19. The fourth-order valence-electron chi connectivity index (χ4n) is 2.42. The van der Waals surface area contributed by atoms with Gasteiger partial charge >= 0.3 is 0 Å². The van der Waals surface area contributed by atoms with Gasteiger partial charge in [0.15, 0.2) is 0 Å². The lowest BCUT2D eigenvalue weighted by atomic mass is 9.86. The highest BCUT2D eigenvalue weighted by Gasteiger charge is 2.15. The fourth-order valence-corrected chi connectivity index (χ4v) is 3.38. The van der Waals surface area contributed by atoms with Gasteiger partial charge in [0.25, 0.3) is 0 Å². The van der Waals surface area contributed by atoms with Crippen LogP contribution in [-0.2, 0) is 11.8 Å². The summed E-state index contributed by atoms with van der Waals surface area (Å²) in [5, 5.41) is 4.68. The number of rotatable bonds is 5. The molecule has 0 atom stereocenters. The van der Waals surface area contributed by atoms with E-state index < -0.39 is 0 Å². The second-order valence-electron chi connectivity index (χ2n) is 7.20. The van der Waals surface area contributed by atoms with Crippen LogP contribution in [0.3, 0.4) is 0 Å². The van der Waals surface area contributed by atoms with Crippen LogP contribution in [0, 0.1) is 6.92 Å². The maximum atomic E-state index is 4.85. The molecule has 2 rings (SSSR count). The van der Waals surface area contributed by atoms with E-state index in [4.69, 9.17) is 4.98 Å². The van der Waals surface area contributed by atoms with Crippen molar-refractivity contribution in [3.05, 3.63) is 39.7 Å². The molecule has 0 unspecified atom stereocenters. The van der Waals surface area contributed by atoms with Crippen molar-refractivity contribution in [2.45, 2.75) is 59.4 Å². The van der Waals surface area contributed by atoms with Crippen LogP contribution in [0.15, 0.2) is 24.3 Å². The zero-order valence-corrected chi connectivity index (χ0v) is 15.5. The Balaban J connectivity index is 2.14. The summed E-state index contributed by atoms with van der Waals surface area (Å²) < 4.78 is 0. The van der Waals surface area contributed by atoms with E-state index in [1.807, 2.05) is 11.3 Å². The fraction of sp³-hybridized carbons (Fsp3) is 0.526. The van der Waals surface area contributed by atoms with Crippen molar-refractivity contribution in [1.29, 1.82) is 0 Å². The van der Waals surface area contributed by atoms with E-state index in [9.17, 15) is 0 Å². The summed E-state index contributed by atoms with van der Waals surface area (Å²) in [5.41, 5.74) is 3.93. The van der Waals surface area contributed by atoms with Gasteiger partial charge in [0, 0.05) is 29.4 Å². The van der Waals surface area contributed by atoms with Crippen LogP contribution in [0.1, 0.15) is 50.1 Å². The molecule has 1 N–H and O–H groups in total. The normalized spacial score (nSPS) is 12.1. The first kappa shape index (κ1) is 17.2. The molecule has 3 heteroatoms. The van der Waals surface area contributed by atoms with E-state index in [1.165, 1.54) is 21.0 Å². The predicted octanol–water partition coefficient (Wildman–Crippen LogP) is 4.96. The molecular weight excluding hydrogens is 288 g/mol. The summed E-state index contributed by atoms with van der Waals surface area (Å²) in [4.78, 5) is 6.16. The maximum absolute atomic E-state index is 4.85. The standard InChI is InChI=1S/C19H28N2S/c1-13(2)20-12-11-17-21-18(14(3)22-17)15-7-9-16(10-8-15)19(4,5)6/h7-10,13,20H,11-12H2,1-6H3. The van der Waals surface area contributed by atoms with Gasteiger partial charge in [-0.15, -0.1) is 11.3 Å². The molecule has 0 aliphatic rings. The highest BCUT2D eigenvalue weighted by atomic mass is 32.1. The summed E-state index contributed by atoms with van der Waals surface area (Å²) in [7, 11) is 0. The Labute approximate surface area is 139 Å². The van der Waals surface area contributed by atoms with Crippen molar-refractivity contribution >= 4 is 11.3 Å². The van der Waals surface area contributed by atoms with Crippen LogP contribution < -0.4 is 5.32 Å². The lowest BCUT2D eigenvalue weighted by molar-refractivity contribution is 0.589. The van der Waals surface area contributed by atoms with Gasteiger partial charge in [0.1, 0.15) is 0 Å². The Hall–Kier alpha value is -1.19. The molecule has 0 aliphatic carbocycles. The van der Waals surface area contributed by atoms with Crippen LogP contribution in [0.25, 0.3) is 11.3 Å². The number of thiazole rings is 1. The molecule has 0 aliphatic heterocycles. The van der Waals surface area contributed by atoms with Crippen LogP contribution in [0.4, 0.5) is 0 Å². The monoisotopic (exact) mass is 316 g/mol. The molecule has 0 saturated carbocycles. The third kappa shape index (κ3) is 4.40. The molecule has 0 saturated heterocycles. The van der Waals surface area contributed by atoms with Crippen molar-refractivity contribution < 1.29 is 0 Å². The molecule has 120 valence electrons. The average molecular weight is 317 g/mol. The maximum Gasteiger partial charge on any atom is 0.0948 e. The molecule has 1 aromatic heterocycles. The van der Waals surface area contributed by atoms with Crippen LogP contribution in [0.2, 0.25) is 0 Å². The second kappa shape index (κ2) is 6.93. The molecule has 22 heavy (non-hydrogen) atoms. The minimum Gasteiger partial charge on any atom is -0.314 e. The number of nitrogens with one attached hydrogen (secondary N) is 1. The molecule has 1 heterocycles. The molecular formula is C19H28N2S. The quantitative estimate of drug-likeness (QED) is 0.843. The van der Waals surface area contributed by atoms with Gasteiger partial charge in [0.05, 0.1) is 10.7 Å². The molecule has 0 radical (unpaired) electrons. The number of aromatic nitrogens is 1. The number of hydrogen-bond acceptors (Lipinski definition) is 3. The molecule has 0 amide bonds. The van der Waals surface area contributed by atoms with Crippen molar-refractivity contribution in [3.63, 3.8) is 0 Å². The third-order valence-corrected chi connectivity index (χ3v) is 4.79. The molecule has 2 aromatic rings. The summed E-state index contributed by atoms with van der Waals surface area (Å²) in [6.07, 6.45) is 1.00. The van der Waals surface area contributed by atoms with Gasteiger partial charge in [0.2, 0.25) is 0 Å². The zero-order valence-electron chi connectivity index (χ0n) is 14.7. The van der Waals surface area contributed by atoms with E-state index in [2.05, 4.69) is 71.1 Å². The Morgan fingerprint density at radius 2 is 1.77 bits per heavy atom. The predicted molar refractivity (Wildman–Crippen MR) is 97.8 cm³/mol. The van der Waals surface area contributed by atoms with Crippen LogP contribution in [0.5, 0.6) is 0 Å². The van der Waals surface area contributed by atoms with Crippen molar-refractivity contribution in [2.24, 2.45) is 0 Å². The van der Waals surface area contributed by atoms with Crippen LogP contribution >= 0.6 is 11.3 Å². The first-order valence-corrected chi connectivity index (χ1v) is 8.89. The van der Waals surface area contributed by atoms with Crippen molar-refractivity contribution in [2.75, 3.05) is 6.54 Å². The lowest BCUT2D eigenvalue weighted by Crippen LogP contribution is -2.24. The molecule has 2 nitrogen and oxygen atoms in total. The van der Waals surface area contributed by atoms with E-state index in [-0.39, 0.29) is 5.41 Å². The second-order valence-corrected chi connectivity index (χ2v) is 8.49. The first-order valence-electron chi connectivity index (χ1n) is 8.08. The third-order valence-electron chi connectivity index (χ3n) is 3.76. The van der Waals surface area contributed by atoms with E-state index in [0.717, 1.165) is 18.7 Å². The van der Waals surface area contributed by atoms with Gasteiger partial charge in [-0.25, -0.2) is 4.98 Å². The van der Waals surface area contributed by atoms with Gasteiger partial charge in [-0.05, 0) is 17.9 Å². The van der Waals surface area contributed by atoms with Gasteiger partial charge in [-0.2, -0.15) is 0 Å². The number of aryl methyl sites for hydroxylation is 1. The number of nitrogens with zero attached hydrogens (tertiary/aromatic N) is 1. The summed E-state index contributed by atoms with van der Waals surface area (Å²) in [6.45, 7) is 14.3. The topological polar surface area (TPSA) is 24.9 Å². The summed E-state index contributed by atoms with van der Waals surface area (Å²) >= 11 is 1.82. The van der Waals surface area contributed by atoms with Crippen molar-refractivity contribution in [3.8, 4) is 11.3 Å². The SMILES string of the molecule is Cc1sc(CCNC(C)C)nc1-c1ccc(C(C)(C)C)cc1. The number of hydrogen-bond donors (Lipinski definition) is 1. The largest absolute Gasteiger partial charge is 0.314 e. The minimum atomic E-state index is 0.198. The Kier molecular flexibility index (Phi) is 5.41. The van der Waals surface area contributed by atoms with Crippen LogP contribution in [-0.4, -0.2) is 17.6 Å². The van der Waals surface area contributed by atoms with E-state index >= 15 is 0 Å². The van der Waals surface area contributed by atoms with E-state index in [0.29, 0.717) is 6.04 Å². The molecule has 0 fully saturated rings. The molecule has 1 aromatic carbocycles.